The van der Waals surface area contributed by atoms with Crippen molar-refractivity contribution in [2.45, 2.75) is 44.9 Å². The van der Waals surface area contributed by atoms with Gasteiger partial charge in [0.25, 0.3) is 0 Å². The Hall–Kier alpha value is -5.80. The van der Waals surface area contributed by atoms with E-state index in [4.69, 9.17) is 9.15 Å². The highest BCUT2D eigenvalue weighted by Crippen LogP contribution is 2.65. The maximum atomic E-state index is 7.00. The van der Waals surface area contributed by atoms with E-state index in [2.05, 4.69) is 164 Å². The minimum atomic E-state index is -0.0306. The van der Waals surface area contributed by atoms with Crippen molar-refractivity contribution in [3.63, 3.8) is 0 Å². The normalized spacial score (nSPS) is 22.9. The third-order valence-electron chi connectivity index (χ3n) is 13.1. The van der Waals surface area contributed by atoms with Crippen molar-refractivity contribution >= 4 is 49.8 Å². The summed E-state index contributed by atoms with van der Waals surface area (Å²) in [6.07, 6.45) is 5.07. The molecule has 2 aliphatic carbocycles. The summed E-state index contributed by atoms with van der Waals surface area (Å²) in [7, 11) is 0. The lowest BCUT2D eigenvalue weighted by atomic mass is 9.46. The van der Waals surface area contributed by atoms with Gasteiger partial charge in [-0.25, -0.2) is 0 Å². The first-order chi connectivity index (χ1) is 26.6. The molecule has 1 aliphatic heterocycles. The van der Waals surface area contributed by atoms with E-state index in [-0.39, 0.29) is 5.41 Å². The van der Waals surface area contributed by atoms with Crippen molar-refractivity contribution in [3.05, 3.63) is 163 Å². The van der Waals surface area contributed by atoms with E-state index in [0.717, 1.165) is 73.5 Å². The smallest absolute Gasteiger partial charge is 0.143 e. The molecule has 0 N–H and O–H groups in total. The number of nitrogens with zero attached hydrogens (tertiary/aromatic N) is 1. The monoisotopic (exact) mass is 701 g/mol. The summed E-state index contributed by atoms with van der Waals surface area (Å²) in [5.74, 6) is 4.70. The minimum absolute atomic E-state index is 0.0306. The Morgan fingerprint density at radius 2 is 1.19 bits per heavy atom. The lowest BCUT2D eigenvalue weighted by Gasteiger charge is -2.58. The van der Waals surface area contributed by atoms with Gasteiger partial charge in [-0.05, 0) is 96.7 Å². The van der Waals surface area contributed by atoms with Gasteiger partial charge in [0.1, 0.15) is 22.7 Å². The van der Waals surface area contributed by atoms with Crippen LogP contribution >= 0.6 is 0 Å². The average Bonchev–Trinajstić information content (AvgIpc) is 3.58. The molecule has 3 aliphatic rings. The van der Waals surface area contributed by atoms with Crippen LogP contribution in [0.1, 0.15) is 50.7 Å². The first kappa shape index (κ1) is 31.7. The second kappa shape index (κ2) is 12.1. The summed E-state index contributed by atoms with van der Waals surface area (Å²) >= 11 is 0. The number of anilines is 3. The largest absolute Gasteiger partial charge is 0.457 e. The van der Waals surface area contributed by atoms with Crippen molar-refractivity contribution in [2.75, 3.05) is 4.90 Å². The van der Waals surface area contributed by atoms with Crippen molar-refractivity contribution < 1.29 is 9.15 Å². The second-order valence-electron chi connectivity index (χ2n) is 16.4. The van der Waals surface area contributed by atoms with Gasteiger partial charge in [0.05, 0.1) is 5.69 Å². The number of hydrogen-bond donors (Lipinski definition) is 0. The summed E-state index contributed by atoms with van der Waals surface area (Å²) in [6, 6.07) is 55.1. The molecule has 2 heterocycles. The second-order valence-corrected chi connectivity index (χ2v) is 16.4. The first-order valence-electron chi connectivity index (χ1n) is 19.8. The van der Waals surface area contributed by atoms with E-state index in [1.54, 1.807) is 0 Å². The Bertz CT molecular complexity index is 2700. The zero-order valence-electron chi connectivity index (χ0n) is 30.8. The Morgan fingerprint density at radius 3 is 2.04 bits per heavy atom. The molecule has 0 radical (unpaired) electrons. The number of fused-ring (bicyclic) bond motifs is 6. The Labute approximate surface area is 316 Å². The molecule has 2 saturated carbocycles. The summed E-state index contributed by atoms with van der Waals surface area (Å²) in [4.78, 5) is 2.42. The van der Waals surface area contributed by atoms with Crippen LogP contribution < -0.4 is 9.64 Å². The van der Waals surface area contributed by atoms with Crippen molar-refractivity contribution in [1.82, 2.24) is 0 Å². The zero-order chi connectivity index (χ0) is 36.0. The maximum absolute atomic E-state index is 7.00. The van der Waals surface area contributed by atoms with Gasteiger partial charge in [0.15, 0.2) is 0 Å². The lowest BCUT2D eigenvalue weighted by molar-refractivity contribution is 0.0216. The molecular formula is C51H43NO2. The molecule has 264 valence electrons. The molecule has 1 spiro atoms. The van der Waals surface area contributed by atoms with Crippen molar-refractivity contribution in [3.8, 4) is 22.6 Å². The SMILES string of the molecule is CC1CC2CC(C)CC(C1)C21c2ccccc2Oc2cc(N(c3cccc(-c4cccc5c4oc4ccccc45)c3)c3cccc4ccccc34)ccc21. The number of ether oxygens (including phenoxy) is 1. The topological polar surface area (TPSA) is 25.6 Å². The molecule has 2 bridgehead atoms. The number of rotatable bonds is 4. The third-order valence-corrected chi connectivity index (χ3v) is 13.1. The van der Waals surface area contributed by atoms with E-state index in [9.17, 15) is 0 Å². The van der Waals surface area contributed by atoms with Crippen LogP contribution in [0.4, 0.5) is 17.1 Å². The van der Waals surface area contributed by atoms with Crippen LogP contribution in [0.2, 0.25) is 0 Å². The first-order valence-corrected chi connectivity index (χ1v) is 19.8. The number of benzene rings is 7. The molecule has 11 rings (SSSR count). The van der Waals surface area contributed by atoms with Gasteiger partial charge in [-0.2, -0.15) is 0 Å². The van der Waals surface area contributed by atoms with Gasteiger partial charge < -0.3 is 14.1 Å². The van der Waals surface area contributed by atoms with Crippen LogP contribution in [0.25, 0.3) is 43.8 Å². The predicted octanol–water partition coefficient (Wildman–Crippen LogP) is 14.4. The molecule has 7 aromatic carbocycles. The molecule has 2 fully saturated rings. The van der Waals surface area contributed by atoms with Gasteiger partial charge >= 0.3 is 0 Å². The average molecular weight is 702 g/mol. The van der Waals surface area contributed by atoms with Crippen LogP contribution in [0.3, 0.4) is 0 Å². The van der Waals surface area contributed by atoms with Crippen LogP contribution in [0.5, 0.6) is 11.5 Å². The molecule has 3 nitrogen and oxygen atoms in total. The highest BCUT2D eigenvalue weighted by atomic mass is 16.5. The molecule has 0 unspecified atom stereocenters. The maximum Gasteiger partial charge on any atom is 0.143 e. The number of hydrogen-bond acceptors (Lipinski definition) is 3. The van der Waals surface area contributed by atoms with Gasteiger partial charge in [-0.15, -0.1) is 0 Å². The van der Waals surface area contributed by atoms with Gasteiger partial charge in [-0.3, -0.25) is 0 Å². The molecule has 8 aromatic rings. The Morgan fingerprint density at radius 1 is 0.537 bits per heavy atom. The molecule has 54 heavy (non-hydrogen) atoms. The summed E-state index contributed by atoms with van der Waals surface area (Å²) in [5, 5.41) is 4.69. The fourth-order valence-electron chi connectivity index (χ4n) is 11.1. The molecule has 0 amide bonds. The highest BCUT2D eigenvalue weighted by Gasteiger charge is 2.57. The van der Waals surface area contributed by atoms with Crippen LogP contribution in [0, 0.1) is 23.7 Å². The van der Waals surface area contributed by atoms with Crippen LogP contribution in [-0.4, -0.2) is 0 Å². The van der Waals surface area contributed by atoms with Crippen LogP contribution in [0.15, 0.2) is 156 Å². The molecular weight excluding hydrogens is 659 g/mol. The Kier molecular flexibility index (Phi) is 7.11. The van der Waals surface area contributed by atoms with E-state index >= 15 is 0 Å². The lowest BCUT2D eigenvalue weighted by Crippen LogP contribution is -2.53. The van der Waals surface area contributed by atoms with E-state index in [1.807, 2.05) is 6.07 Å². The quantitative estimate of drug-likeness (QED) is 0.183. The number of furan rings is 1. The summed E-state index contributed by atoms with van der Waals surface area (Å²) < 4.78 is 13.5. The molecule has 3 heteroatoms. The van der Waals surface area contributed by atoms with Crippen molar-refractivity contribution in [2.24, 2.45) is 23.7 Å². The van der Waals surface area contributed by atoms with Gasteiger partial charge in [0.2, 0.25) is 0 Å². The summed E-state index contributed by atoms with van der Waals surface area (Å²) in [6.45, 7) is 4.95. The zero-order valence-corrected chi connectivity index (χ0v) is 30.8. The Balaban J connectivity index is 1.11. The molecule has 1 aromatic heterocycles. The standard InChI is InChI=1S/C51H43NO2/c1-32-26-36-28-33(2)29-37(27-32)51(36)44-20-6-8-23-48(44)53-49-31-39(24-25-45(49)51)52(46-21-10-13-34-12-3-4-16-40(34)46)38-15-9-14-35(30-38)41-18-11-19-43-42-17-5-7-22-47(42)54-50(41)43/h3-25,30-33,36-37H,26-29H2,1-2H3. The van der Waals surface area contributed by atoms with E-state index in [0.29, 0.717) is 11.8 Å². The summed E-state index contributed by atoms with van der Waals surface area (Å²) in [5.41, 5.74) is 10.1. The highest BCUT2D eigenvalue weighted by molar-refractivity contribution is 6.09. The van der Waals surface area contributed by atoms with Crippen LogP contribution in [-0.2, 0) is 5.41 Å². The third kappa shape index (κ3) is 4.67. The fourth-order valence-corrected chi connectivity index (χ4v) is 11.1. The van der Waals surface area contributed by atoms with Gasteiger partial charge in [0, 0.05) is 55.7 Å². The van der Waals surface area contributed by atoms with E-state index in [1.165, 1.54) is 47.6 Å². The fraction of sp³-hybridized carbons (Fsp3) is 0.216. The molecule has 0 saturated heterocycles. The van der Waals surface area contributed by atoms with E-state index < -0.39 is 0 Å². The van der Waals surface area contributed by atoms with Crippen molar-refractivity contribution in [1.29, 1.82) is 0 Å². The minimum Gasteiger partial charge on any atom is -0.457 e. The van der Waals surface area contributed by atoms with Gasteiger partial charge in [-0.1, -0.05) is 123 Å². The number of para-hydroxylation sites is 3. The predicted molar refractivity (Wildman–Crippen MR) is 222 cm³/mol. The molecule has 0 atom stereocenters.